The molecule has 0 saturated carbocycles. The topological polar surface area (TPSA) is 44.1 Å². The van der Waals surface area contributed by atoms with Crippen LogP contribution in [0.4, 0.5) is 0 Å². The summed E-state index contributed by atoms with van der Waals surface area (Å²) in [6, 6.07) is 6.74. The Hall–Kier alpha value is -1.04. The number of hydrogen-bond acceptors (Lipinski definition) is 2. The van der Waals surface area contributed by atoms with Crippen LogP contribution in [0.15, 0.2) is 36.9 Å². The van der Waals surface area contributed by atoms with E-state index in [4.69, 9.17) is 10.5 Å². The molecule has 0 atom stereocenters. The second-order valence-electron chi connectivity index (χ2n) is 2.23. The lowest BCUT2D eigenvalue weighted by molar-refractivity contribution is 0.474. The summed E-state index contributed by atoms with van der Waals surface area (Å²) in [7, 11) is 0. The zero-order valence-electron chi connectivity index (χ0n) is 7.40. The third-order valence-electron chi connectivity index (χ3n) is 1.26. The van der Waals surface area contributed by atoms with E-state index in [9.17, 15) is 0 Å². The van der Waals surface area contributed by atoms with Crippen molar-refractivity contribution in [3.8, 4) is 5.75 Å². The summed E-state index contributed by atoms with van der Waals surface area (Å²) in [5, 5.41) is 16.8. The first kappa shape index (κ1) is 12.0. The van der Waals surface area contributed by atoms with Crippen molar-refractivity contribution in [3.05, 3.63) is 42.5 Å². The molecule has 0 bridgehead atoms. The summed E-state index contributed by atoms with van der Waals surface area (Å²) in [5.41, 5.74) is 0.553. The molecule has 1 rings (SSSR count). The summed E-state index contributed by atoms with van der Waals surface area (Å²) < 4.78 is 0. The SMILES string of the molecule is C=C[CH2][Al].N=Cc1ccccc1O. The lowest BCUT2D eigenvalue weighted by Gasteiger charge is -1.92. The lowest BCUT2D eigenvalue weighted by Crippen LogP contribution is -1.77. The van der Waals surface area contributed by atoms with E-state index in [1.807, 2.05) is 6.08 Å². The maximum atomic E-state index is 8.96. The van der Waals surface area contributed by atoms with Gasteiger partial charge in [-0.3, -0.25) is 0 Å². The molecule has 0 amide bonds. The molecule has 13 heavy (non-hydrogen) atoms. The van der Waals surface area contributed by atoms with Gasteiger partial charge in [0, 0.05) is 11.8 Å². The summed E-state index contributed by atoms with van der Waals surface area (Å²) in [6.45, 7) is 3.46. The fraction of sp³-hybridized carbons (Fsp3) is 0.100. The van der Waals surface area contributed by atoms with E-state index in [0.717, 1.165) is 11.5 Å². The predicted molar refractivity (Wildman–Crippen MR) is 56.8 cm³/mol. The van der Waals surface area contributed by atoms with Crippen molar-refractivity contribution in [2.45, 2.75) is 5.28 Å². The Kier molecular flexibility index (Phi) is 7.00. The van der Waals surface area contributed by atoms with Gasteiger partial charge in [-0.15, -0.1) is 17.9 Å². The smallest absolute Gasteiger partial charge is 0.124 e. The van der Waals surface area contributed by atoms with Crippen molar-refractivity contribution in [2.24, 2.45) is 0 Å². The van der Waals surface area contributed by atoms with Crippen molar-refractivity contribution in [1.29, 1.82) is 5.41 Å². The number of phenols is 1. The first-order valence-electron chi connectivity index (χ1n) is 3.85. The zero-order chi connectivity index (χ0) is 10.1. The van der Waals surface area contributed by atoms with Crippen molar-refractivity contribution >= 4 is 22.5 Å². The summed E-state index contributed by atoms with van der Waals surface area (Å²) >= 11 is 2.54. The van der Waals surface area contributed by atoms with Crippen LogP contribution in [-0.4, -0.2) is 27.6 Å². The maximum Gasteiger partial charge on any atom is 0.124 e. The number of hydrogen-bond donors (Lipinski definition) is 2. The van der Waals surface area contributed by atoms with Crippen molar-refractivity contribution < 1.29 is 5.11 Å². The van der Waals surface area contributed by atoms with Crippen LogP contribution in [0.3, 0.4) is 0 Å². The standard InChI is InChI=1S/C7H7NO.C3H5.Al/c8-5-6-3-1-2-4-7(6)9;1-3-2;/h1-5,8-9H;3H,1-2H2;. The third kappa shape index (κ3) is 5.24. The summed E-state index contributed by atoms with van der Waals surface area (Å²) in [4.78, 5) is 0. The maximum absolute atomic E-state index is 8.96. The van der Waals surface area contributed by atoms with Crippen LogP contribution in [0.5, 0.6) is 5.75 Å². The molecule has 0 fully saturated rings. The Bertz CT molecular complexity index is 273. The normalized spacial score (nSPS) is 8.00. The van der Waals surface area contributed by atoms with Gasteiger partial charge in [0.2, 0.25) is 0 Å². The van der Waals surface area contributed by atoms with Crippen molar-refractivity contribution in [3.63, 3.8) is 0 Å². The average molecular weight is 189 g/mol. The molecule has 0 aromatic heterocycles. The summed E-state index contributed by atoms with van der Waals surface area (Å²) in [5.74, 6) is 0.160. The van der Waals surface area contributed by atoms with Crippen LogP contribution in [-0.2, 0) is 0 Å². The molecule has 66 valence electrons. The highest BCUT2D eigenvalue weighted by atomic mass is 27.0. The Morgan fingerprint density at radius 3 is 2.31 bits per heavy atom. The van der Waals surface area contributed by atoms with Gasteiger partial charge in [0.1, 0.15) is 22.0 Å². The molecule has 0 heterocycles. The van der Waals surface area contributed by atoms with Gasteiger partial charge in [0.25, 0.3) is 0 Å². The number of allylic oxidation sites excluding steroid dienone is 1. The van der Waals surface area contributed by atoms with E-state index in [2.05, 4.69) is 22.9 Å². The minimum Gasteiger partial charge on any atom is -0.507 e. The minimum absolute atomic E-state index is 0.160. The van der Waals surface area contributed by atoms with E-state index in [1.165, 1.54) is 0 Å². The highest BCUT2D eigenvalue weighted by Gasteiger charge is 1.91. The quantitative estimate of drug-likeness (QED) is 0.418. The Morgan fingerprint density at radius 2 is 2.00 bits per heavy atom. The van der Waals surface area contributed by atoms with Gasteiger partial charge in [-0.05, 0) is 12.1 Å². The number of phenolic OH excluding ortho intramolecular Hbond substituents is 1. The molecule has 2 N–H and O–H groups in total. The molecule has 1 aromatic rings. The molecule has 0 saturated heterocycles. The zero-order valence-corrected chi connectivity index (χ0v) is 8.56. The Labute approximate surface area is 86.8 Å². The van der Waals surface area contributed by atoms with E-state index in [-0.39, 0.29) is 5.75 Å². The van der Waals surface area contributed by atoms with Crippen LogP contribution < -0.4 is 0 Å². The van der Waals surface area contributed by atoms with E-state index < -0.39 is 0 Å². The number of aromatic hydroxyl groups is 1. The number of benzene rings is 1. The lowest BCUT2D eigenvalue weighted by atomic mass is 10.2. The second kappa shape index (κ2) is 7.60. The molecule has 0 aliphatic carbocycles. The second-order valence-corrected chi connectivity index (χ2v) is 2.70. The highest BCUT2D eigenvalue weighted by Crippen LogP contribution is 2.11. The fourth-order valence-electron chi connectivity index (χ4n) is 0.610. The monoisotopic (exact) mass is 189 g/mol. The van der Waals surface area contributed by atoms with E-state index >= 15 is 0 Å². The third-order valence-corrected chi connectivity index (χ3v) is 1.59. The van der Waals surface area contributed by atoms with Gasteiger partial charge in [-0.2, -0.15) is 0 Å². The van der Waals surface area contributed by atoms with E-state index in [1.54, 1.807) is 24.3 Å². The predicted octanol–water partition coefficient (Wildman–Crippen LogP) is 2.15. The average Bonchev–Trinajstić information content (AvgIpc) is 2.19. The Balaban J connectivity index is 0.000000310. The van der Waals surface area contributed by atoms with Gasteiger partial charge in [-0.25, -0.2) is 0 Å². The summed E-state index contributed by atoms with van der Waals surface area (Å²) in [6.07, 6.45) is 2.96. The van der Waals surface area contributed by atoms with Crippen LogP contribution in [0.2, 0.25) is 5.28 Å². The largest absolute Gasteiger partial charge is 0.507 e. The van der Waals surface area contributed by atoms with Crippen molar-refractivity contribution in [1.82, 2.24) is 0 Å². The number of para-hydroxylation sites is 1. The molecule has 2 radical (unpaired) electrons. The molecule has 0 aliphatic rings. The van der Waals surface area contributed by atoms with Gasteiger partial charge in [0.15, 0.2) is 0 Å². The van der Waals surface area contributed by atoms with E-state index in [0.29, 0.717) is 5.56 Å². The molecular formula is C10H12AlNO. The van der Waals surface area contributed by atoms with Gasteiger partial charge < -0.3 is 10.5 Å². The van der Waals surface area contributed by atoms with Crippen LogP contribution >= 0.6 is 0 Å². The van der Waals surface area contributed by atoms with Crippen LogP contribution in [0, 0.1) is 5.41 Å². The molecule has 0 unspecified atom stereocenters. The van der Waals surface area contributed by atoms with Crippen molar-refractivity contribution in [2.75, 3.05) is 0 Å². The molecule has 0 spiro atoms. The molecule has 0 aliphatic heterocycles. The van der Waals surface area contributed by atoms with Crippen LogP contribution in [0.1, 0.15) is 5.56 Å². The van der Waals surface area contributed by atoms with Gasteiger partial charge >= 0.3 is 0 Å². The molecule has 1 aromatic carbocycles. The fourth-order valence-corrected chi connectivity index (χ4v) is 0.610. The number of rotatable bonds is 2. The molecular weight excluding hydrogens is 177 g/mol. The van der Waals surface area contributed by atoms with Gasteiger partial charge in [0.05, 0.1) is 0 Å². The minimum atomic E-state index is 0.160. The first-order valence-corrected chi connectivity index (χ1v) is 4.67. The van der Waals surface area contributed by atoms with Crippen LogP contribution in [0.25, 0.3) is 0 Å². The first-order chi connectivity index (χ1) is 6.26. The molecule has 3 heteroatoms. The number of nitrogens with one attached hydrogen (secondary N) is 1. The highest BCUT2D eigenvalue weighted by molar-refractivity contribution is 6.09. The Morgan fingerprint density at radius 1 is 1.46 bits per heavy atom. The van der Waals surface area contributed by atoms with Gasteiger partial charge in [-0.1, -0.05) is 12.1 Å². The molecule has 2 nitrogen and oxygen atoms in total.